The molecule has 0 bridgehead atoms. The molecular formula is C10H24O4. The smallest absolute Gasteiger partial charge is 0.151 e. The SMILES string of the molecule is CCCC(O)O.CCCCCC(O)O. The number of unbranched alkanes of at least 4 members (excludes halogenated alkanes) is 2. The topological polar surface area (TPSA) is 80.9 Å². The maximum atomic E-state index is 8.33. The zero-order valence-corrected chi connectivity index (χ0v) is 9.19. The first-order chi connectivity index (χ1) is 6.54. The summed E-state index contributed by atoms with van der Waals surface area (Å²) in [4.78, 5) is 0. The van der Waals surface area contributed by atoms with Crippen LogP contribution in [0.1, 0.15) is 52.4 Å². The first kappa shape index (κ1) is 16.3. The highest BCUT2D eigenvalue weighted by Crippen LogP contribution is 1.99. The lowest BCUT2D eigenvalue weighted by atomic mass is 10.2. The van der Waals surface area contributed by atoms with Crippen molar-refractivity contribution in [2.75, 3.05) is 0 Å². The van der Waals surface area contributed by atoms with Crippen molar-refractivity contribution in [3.05, 3.63) is 0 Å². The van der Waals surface area contributed by atoms with E-state index in [-0.39, 0.29) is 0 Å². The van der Waals surface area contributed by atoms with Crippen LogP contribution in [0.3, 0.4) is 0 Å². The lowest BCUT2D eigenvalue weighted by molar-refractivity contribution is -0.0468. The molecule has 0 saturated heterocycles. The van der Waals surface area contributed by atoms with E-state index in [1.54, 1.807) is 0 Å². The Morgan fingerprint density at radius 3 is 1.43 bits per heavy atom. The molecule has 0 aromatic rings. The van der Waals surface area contributed by atoms with Crippen molar-refractivity contribution in [1.82, 2.24) is 0 Å². The van der Waals surface area contributed by atoms with Crippen LogP contribution in [-0.2, 0) is 0 Å². The molecule has 0 rings (SSSR count). The van der Waals surface area contributed by atoms with Gasteiger partial charge in [0.15, 0.2) is 12.6 Å². The summed E-state index contributed by atoms with van der Waals surface area (Å²) in [5.41, 5.74) is 0. The highest BCUT2D eigenvalue weighted by Gasteiger charge is 1.93. The first-order valence-electron chi connectivity index (χ1n) is 5.26. The number of hydrogen-bond acceptors (Lipinski definition) is 4. The zero-order valence-electron chi connectivity index (χ0n) is 9.19. The van der Waals surface area contributed by atoms with Crippen LogP contribution >= 0.6 is 0 Å². The van der Waals surface area contributed by atoms with E-state index in [0.29, 0.717) is 12.8 Å². The fourth-order valence-electron chi connectivity index (χ4n) is 0.835. The standard InChI is InChI=1S/C6H14O2.C4H10O2/c1-2-3-4-5-6(7)8;1-2-3-4(5)6/h6-8H,2-5H2,1H3;4-6H,2-3H2,1H3. The van der Waals surface area contributed by atoms with Gasteiger partial charge in [-0.05, 0) is 19.3 Å². The Bertz CT molecular complexity index is 94.1. The largest absolute Gasteiger partial charge is 0.368 e. The minimum Gasteiger partial charge on any atom is -0.368 e. The molecule has 0 aliphatic heterocycles. The molecule has 0 saturated carbocycles. The lowest BCUT2D eigenvalue weighted by Gasteiger charge is -1.99. The van der Waals surface area contributed by atoms with Crippen molar-refractivity contribution in [1.29, 1.82) is 0 Å². The summed E-state index contributed by atoms with van der Waals surface area (Å²) in [7, 11) is 0. The molecule has 0 atom stereocenters. The van der Waals surface area contributed by atoms with Gasteiger partial charge in [-0.15, -0.1) is 0 Å². The molecule has 0 spiro atoms. The molecule has 0 heterocycles. The Balaban J connectivity index is 0. The van der Waals surface area contributed by atoms with Gasteiger partial charge in [-0.3, -0.25) is 0 Å². The Morgan fingerprint density at radius 1 is 0.714 bits per heavy atom. The first-order valence-corrected chi connectivity index (χ1v) is 5.26. The molecule has 14 heavy (non-hydrogen) atoms. The highest BCUT2D eigenvalue weighted by atomic mass is 16.5. The van der Waals surface area contributed by atoms with E-state index in [1.165, 1.54) is 0 Å². The molecule has 0 aromatic carbocycles. The minimum atomic E-state index is -1.10. The summed E-state index contributed by atoms with van der Waals surface area (Å²) in [6, 6.07) is 0. The van der Waals surface area contributed by atoms with Gasteiger partial charge < -0.3 is 20.4 Å². The zero-order chi connectivity index (χ0) is 11.4. The third-order valence-electron chi connectivity index (χ3n) is 1.61. The van der Waals surface area contributed by atoms with Gasteiger partial charge in [-0.1, -0.05) is 33.1 Å². The predicted molar refractivity (Wildman–Crippen MR) is 55.5 cm³/mol. The number of rotatable bonds is 6. The fourth-order valence-corrected chi connectivity index (χ4v) is 0.835. The normalized spacial score (nSPS) is 10.3. The maximum absolute atomic E-state index is 8.33. The Morgan fingerprint density at radius 2 is 1.21 bits per heavy atom. The van der Waals surface area contributed by atoms with Crippen LogP contribution in [0.2, 0.25) is 0 Å². The van der Waals surface area contributed by atoms with E-state index in [1.807, 2.05) is 6.92 Å². The van der Waals surface area contributed by atoms with Crippen LogP contribution in [0.5, 0.6) is 0 Å². The van der Waals surface area contributed by atoms with E-state index < -0.39 is 12.6 Å². The van der Waals surface area contributed by atoms with Crippen molar-refractivity contribution in [2.45, 2.75) is 65.0 Å². The van der Waals surface area contributed by atoms with Crippen LogP contribution in [0.4, 0.5) is 0 Å². The molecule has 0 unspecified atom stereocenters. The van der Waals surface area contributed by atoms with Gasteiger partial charge in [-0.25, -0.2) is 0 Å². The fraction of sp³-hybridized carbons (Fsp3) is 1.00. The van der Waals surface area contributed by atoms with Crippen molar-refractivity contribution >= 4 is 0 Å². The van der Waals surface area contributed by atoms with Crippen molar-refractivity contribution < 1.29 is 20.4 Å². The molecule has 0 amide bonds. The van der Waals surface area contributed by atoms with Gasteiger partial charge in [-0.2, -0.15) is 0 Å². The van der Waals surface area contributed by atoms with Crippen molar-refractivity contribution in [2.24, 2.45) is 0 Å². The molecule has 0 radical (unpaired) electrons. The predicted octanol–water partition coefficient (Wildman–Crippen LogP) is 0.975. The Kier molecular flexibility index (Phi) is 14.9. The second-order valence-corrected chi connectivity index (χ2v) is 3.25. The summed E-state index contributed by atoms with van der Waals surface area (Å²) < 4.78 is 0. The summed E-state index contributed by atoms with van der Waals surface area (Å²) in [6.07, 6.45) is 2.79. The van der Waals surface area contributed by atoms with Gasteiger partial charge in [0.25, 0.3) is 0 Å². The molecular weight excluding hydrogens is 184 g/mol. The van der Waals surface area contributed by atoms with E-state index in [9.17, 15) is 0 Å². The van der Waals surface area contributed by atoms with E-state index in [4.69, 9.17) is 20.4 Å². The highest BCUT2D eigenvalue weighted by molar-refractivity contribution is 4.40. The minimum absolute atomic E-state index is 0.486. The average molecular weight is 208 g/mol. The molecule has 0 aliphatic carbocycles. The van der Waals surface area contributed by atoms with E-state index in [2.05, 4.69) is 6.92 Å². The second kappa shape index (κ2) is 12.8. The quantitative estimate of drug-likeness (QED) is 0.387. The van der Waals surface area contributed by atoms with Gasteiger partial charge in [0.1, 0.15) is 0 Å². The summed E-state index contributed by atoms with van der Waals surface area (Å²) in [6.45, 7) is 3.99. The molecule has 0 aromatic heterocycles. The molecule has 4 N–H and O–H groups in total. The molecule has 88 valence electrons. The Hall–Kier alpha value is -0.160. The molecule has 4 nitrogen and oxygen atoms in total. The summed E-state index contributed by atoms with van der Waals surface area (Å²) >= 11 is 0. The van der Waals surface area contributed by atoms with E-state index in [0.717, 1.165) is 25.7 Å². The van der Waals surface area contributed by atoms with Crippen LogP contribution in [0.15, 0.2) is 0 Å². The van der Waals surface area contributed by atoms with E-state index >= 15 is 0 Å². The van der Waals surface area contributed by atoms with Crippen molar-refractivity contribution in [3.8, 4) is 0 Å². The van der Waals surface area contributed by atoms with Crippen LogP contribution in [0.25, 0.3) is 0 Å². The third-order valence-corrected chi connectivity index (χ3v) is 1.61. The number of aliphatic hydroxyl groups is 4. The molecule has 4 heteroatoms. The van der Waals surface area contributed by atoms with Gasteiger partial charge in [0, 0.05) is 0 Å². The van der Waals surface area contributed by atoms with Gasteiger partial charge in [0.2, 0.25) is 0 Å². The number of aliphatic hydroxyl groups excluding tert-OH is 2. The summed E-state index contributed by atoms with van der Waals surface area (Å²) in [5, 5.41) is 32.9. The van der Waals surface area contributed by atoms with Crippen LogP contribution in [0, 0.1) is 0 Å². The molecule has 0 fully saturated rings. The monoisotopic (exact) mass is 208 g/mol. The summed E-state index contributed by atoms with van der Waals surface area (Å²) in [5.74, 6) is 0. The maximum Gasteiger partial charge on any atom is 0.151 e. The van der Waals surface area contributed by atoms with Crippen LogP contribution in [-0.4, -0.2) is 33.0 Å². The van der Waals surface area contributed by atoms with Gasteiger partial charge >= 0.3 is 0 Å². The Labute approximate surface area is 86.2 Å². The lowest BCUT2D eigenvalue weighted by Crippen LogP contribution is -2.02. The van der Waals surface area contributed by atoms with Gasteiger partial charge in [0.05, 0.1) is 0 Å². The average Bonchev–Trinajstić information content (AvgIpc) is 2.05. The third kappa shape index (κ3) is 22.6. The van der Waals surface area contributed by atoms with Crippen LogP contribution < -0.4 is 0 Å². The number of hydrogen-bond donors (Lipinski definition) is 4. The molecule has 0 aliphatic rings. The van der Waals surface area contributed by atoms with Crippen molar-refractivity contribution in [3.63, 3.8) is 0 Å². The second-order valence-electron chi connectivity index (χ2n) is 3.25.